The highest BCUT2D eigenvalue weighted by molar-refractivity contribution is 5.90. The average Bonchev–Trinajstić information content (AvgIpc) is 2.72. The van der Waals surface area contributed by atoms with Crippen LogP contribution in [0.3, 0.4) is 0 Å². The van der Waals surface area contributed by atoms with Crippen molar-refractivity contribution >= 4 is 5.97 Å². The van der Waals surface area contributed by atoms with Crippen LogP contribution >= 0.6 is 0 Å². The standard InChI is InChI=1S/C19H18O4/c1-11-4-6-13(7-5-11)14-8-9-15(12(2)10-14)19(3)17(21)16(20)18(22)23-19/h4-10,20-21H,1-3H3. The summed E-state index contributed by atoms with van der Waals surface area (Å²) in [7, 11) is 0. The van der Waals surface area contributed by atoms with E-state index in [2.05, 4.69) is 0 Å². The molecule has 0 radical (unpaired) electrons. The molecule has 0 aromatic heterocycles. The van der Waals surface area contributed by atoms with Crippen LogP contribution in [0.5, 0.6) is 0 Å². The van der Waals surface area contributed by atoms with Crippen LogP contribution in [0.4, 0.5) is 0 Å². The Bertz CT molecular complexity index is 818. The highest BCUT2D eigenvalue weighted by atomic mass is 16.6. The topological polar surface area (TPSA) is 66.8 Å². The van der Waals surface area contributed by atoms with Crippen molar-refractivity contribution < 1.29 is 19.7 Å². The Labute approximate surface area is 134 Å². The number of esters is 1. The summed E-state index contributed by atoms with van der Waals surface area (Å²) in [6, 6.07) is 13.9. The van der Waals surface area contributed by atoms with Gasteiger partial charge in [0.25, 0.3) is 0 Å². The van der Waals surface area contributed by atoms with E-state index in [1.807, 2.05) is 56.3 Å². The normalized spacial score (nSPS) is 20.7. The summed E-state index contributed by atoms with van der Waals surface area (Å²) in [5, 5.41) is 19.6. The maximum absolute atomic E-state index is 11.5. The Morgan fingerprint density at radius 2 is 1.57 bits per heavy atom. The van der Waals surface area contributed by atoms with Gasteiger partial charge in [0.1, 0.15) is 0 Å². The second-order valence-corrected chi connectivity index (χ2v) is 6.02. The zero-order valence-electron chi connectivity index (χ0n) is 13.3. The number of hydrogen-bond acceptors (Lipinski definition) is 4. The van der Waals surface area contributed by atoms with Crippen molar-refractivity contribution in [3.63, 3.8) is 0 Å². The van der Waals surface area contributed by atoms with Gasteiger partial charge in [-0.05, 0) is 37.5 Å². The number of benzene rings is 2. The number of aliphatic hydroxyl groups excluding tert-OH is 2. The van der Waals surface area contributed by atoms with E-state index in [4.69, 9.17) is 4.74 Å². The van der Waals surface area contributed by atoms with Crippen LogP contribution in [0.15, 0.2) is 54.0 Å². The summed E-state index contributed by atoms with van der Waals surface area (Å²) in [6.45, 7) is 5.49. The molecule has 2 aromatic rings. The van der Waals surface area contributed by atoms with Gasteiger partial charge in [0, 0.05) is 5.56 Å². The van der Waals surface area contributed by atoms with Gasteiger partial charge in [0.15, 0.2) is 11.4 Å². The first-order valence-electron chi connectivity index (χ1n) is 7.37. The van der Waals surface area contributed by atoms with Crippen LogP contribution in [0.1, 0.15) is 23.6 Å². The molecule has 1 aliphatic rings. The van der Waals surface area contributed by atoms with Crippen LogP contribution < -0.4 is 0 Å². The van der Waals surface area contributed by atoms with Crippen LogP contribution in [0, 0.1) is 13.8 Å². The molecule has 118 valence electrons. The molecule has 4 nitrogen and oxygen atoms in total. The van der Waals surface area contributed by atoms with Gasteiger partial charge in [-0.15, -0.1) is 0 Å². The molecular weight excluding hydrogens is 292 g/mol. The number of rotatable bonds is 2. The molecule has 0 amide bonds. The van der Waals surface area contributed by atoms with E-state index >= 15 is 0 Å². The molecule has 0 fully saturated rings. The number of carbonyl (C=O) groups excluding carboxylic acids is 1. The van der Waals surface area contributed by atoms with Gasteiger partial charge in [0.05, 0.1) is 0 Å². The smallest absolute Gasteiger partial charge is 0.378 e. The van der Waals surface area contributed by atoms with Crippen molar-refractivity contribution in [2.75, 3.05) is 0 Å². The van der Waals surface area contributed by atoms with Crippen LogP contribution in [0.25, 0.3) is 11.1 Å². The van der Waals surface area contributed by atoms with E-state index in [-0.39, 0.29) is 0 Å². The molecule has 2 N–H and O–H groups in total. The molecule has 1 unspecified atom stereocenters. The average molecular weight is 310 g/mol. The van der Waals surface area contributed by atoms with Crippen LogP contribution in [-0.2, 0) is 15.1 Å². The summed E-state index contributed by atoms with van der Waals surface area (Å²) in [4.78, 5) is 11.5. The Balaban J connectivity index is 2.04. The Morgan fingerprint density at radius 3 is 2.09 bits per heavy atom. The van der Waals surface area contributed by atoms with Crippen molar-refractivity contribution in [3.8, 4) is 11.1 Å². The molecular formula is C19H18O4. The summed E-state index contributed by atoms with van der Waals surface area (Å²) < 4.78 is 5.19. The largest absolute Gasteiger partial charge is 0.505 e. The van der Waals surface area contributed by atoms with Crippen molar-refractivity contribution in [2.24, 2.45) is 0 Å². The van der Waals surface area contributed by atoms with E-state index in [1.165, 1.54) is 5.56 Å². The van der Waals surface area contributed by atoms with Crippen molar-refractivity contribution in [2.45, 2.75) is 26.4 Å². The number of carbonyl (C=O) groups is 1. The van der Waals surface area contributed by atoms with Gasteiger partial charge < -0.3 is 14.9 Å². The molecule has 0 saturated heterocycles. The fourth-order valence-corrected chi connectivity index (χ4v) is 2.91. The van der Waals surface area contributed by atoms with E-state index in [1.54, 1.807) is 6.92 Å². The first kappa shape index (κ1) is 15.2. The predicted molar refractivity (Wildman–Crippen MR) is 87.1 cm³/mol. The Morgan fingerprint density at radius 1 is 0.957 bits per heavy atom. The molecule has 2 aromatic carbocycles. The van der Waals surface area contributed by atoms with Crippen LogP contribution in [0.2, 0.25) is 0 Å². The number of aliphatic hydroxyl groups is 2. The summed E-state index contributed by atoms with van der Waals surface area (Å²) in [5.74, 6) is -2.09. The van der Waals surface area contributed by atoms with E-state index in [9.17, 15) is 15.0 Å². The third kappa shape index (κ3) is 2.36. The SMILES string of the molecule is Cc1ccc(-c2ccc(C3(C)OC(=O)C(O)=C3O)c(C)c2)cc1. The van der Waals surface area contributed by atoms with Gasteiger partial charge in [-0.1, -0.05) is 48.0 Å². The first-order valence-corrected chi connectivity index (χ1v) is 7.37. The molecule has 0 spiro atoms. The molecule has 0 bridgehead atoms. The van der Waals surface area contributed by atoms with E-state index in [0.717, 1.165) is 16.7 Å². The van der Waals surface area contributed by atoms with Crippen molar-refractivity contribution in [3.05, 3.63) is 70.7 Å². The van der Waals surface area contributed by atoms with Gasteiger partial charge in [-0.25, -0.2) is 4.79 Å². The quantitative estimate of drug-likeness (QED) is 0.821. The molecule has 0 saturated carbocycles. The number of cyclic esters (lactones) is 1. The molecule has 1 atom stereocenters. The molecule has 4 heteroatoms. The van der Waals surface area contributed by atoms with E-state index < -0.39 is 23.1 Å². The molecule has 3 rings (SSSR count). The molecule has 0 aliphatic carbocycles. The minimum atomic E-state index is -1.35. The van der Waals surface area contributed by atoms with E-state index in [0.29, 0.717) is 5.56 Å². The third-order valence-corrected chi connectivity index (χ3v) is 4.29. The second kappa shape index (κ2) is 5.16. The van der Waals surface area contributed by atoms with Crippen LogP contribution in [-0.4, -0.2) is 16.2 Å². The summed E-state index contributed by atoms with van der Waals surface area (Å²) in [6.07, 6.45) is 0. The lowest BCUT2D eigenvalue weighted by Crippen LogP contribution is -2.26. The first-order chi connectivity index (χ1) is 10.8. The predicted octanol–water partition coefficient (Wildman–Crippen LogP) is 4.07. The van der Waals surface area contributed by atoms with Crippen molar-refractivity contribution in [1.82, 2.24) is 0 Å². The molecule has 1 heterocycles. The van der Waals surface area contributed by atoms with Gasteiger partial charge in [0.2, 0.25) is 5.76 Å². The summed E-state index contributed by atoms with van der Waals surface area (Å²) in [5.41, 5.74) is 3.46. The minimum Gasteiger partial charge on any atom is -0.505 e. The minimum absolute atomic E-state index is 0.450. The maximum Gasteiger partial charge on any atom is 0.378 e. The highest BCUT2D eigenvalue weighted by Crippen LogP contribution is 2.41. The third-order valence-electron chi connectivity index (χ3n) is 4.29. The zero-order valence-corrected chi connectivity index (χ0v) is 13.3. The second-order valence-electron chi connectivity index (χ2n) is 6.02. The fourth-order valence-electron chi connectivity index (χ4n) is 2.91. The van der Waals surface area contributed by atoms with Gasteiger partial charge >= 0.3 is 5.97 Å². The lowest BCUT2D eigenvalue weighted by Gasteiger charge is -2.25. The van der Waals surface area contributed by atoms with Gasteiger partial charge in [-0.2, -0.15) is 0 Å². The number of aryl methyl sites for hydroxylation is 2. The Hall–Kier alpha value is -2.75. The fraction of sp³-hybridized carbons (Fsp3) is 0.211. The van der Waals surface area contributed by atoms with Gasteiger partial charge in [-0.3, -0.25) is 0 Å². The maximum atomic E-state index is 11.5. The lowest BCUT2D eigenvalue weighted by atomic mass is 9.88. The lowest BCUT2D eigenvalue weighted by molar-refractivity contribution is -0.149. The number of hydrogen-bond donors (Lipinski definition) is 2. The molecule has 1 aliphatic heterocycles. The monoisotopic (exact) mass is 310 g/mol. The number of ether oxygens (including phenoxy) is 1. The van der Waals surface area contributed by atoms with Crippen molar-refractivity contribution in [1.29, 1.82) is 0 Å². The highest BCUT2D eigenvalue weighted by Gasteiger charge is 2.47. The molecule has 23 heavy (non-hydrogen) atoms. The summed E-state index contributed by atoms with van der Waals surface area (Å²) >= 11 is 0. The Kier molecular flexibility index (Phi) is 3.40. The zero-order chi connectivity index (χ0) is 16.8.